The molecule has 2 aromatic heterocycles. The van der Waals surface area contributed by atoms with Crippen LogP contribution in [0.5, 0.6) is 0 Å². The standard InChI is InChI=1S/C22H22FNO3S/c23-18-12-13-24(16-8-6-15(7-9-16)20-5-2-14-27-20)19(18)4-1-3-17-10-11-21(28-17)22(25)26/h2,5-11,14,18-19H,1,3-4,12-13H2,(H,25,26). The van der Waals surface area contributed by atoms with E-state index in [-0.39, 0.29) is 6.04 Å². The third kappa shape index (κ3) is 3.97. The number of rotatable bonds is 7. The lowest BCUT2D eigenvalue weighted by Gasteiger charge is -2.27. The SMILES string of the molecule is O=C(O)c1ccc(CCCC2C(F)CCN2c2ccc(-c3ccco3)cc2)s1. The number of furan rings is 1. The Morgan fingerprint density at radius 1 is 1.21 bits per heavy atom. The van der Waals surface area contributed by atoms with E-state index in [1.807, 2.05) is 42.5 Å². The number of benzene rings is 1. The van der Waals surface area contributed by atoms with Gasteiger partial charge in [-0.3, -0.25) is 0 Å². The van der Waals surface area contributed by atoms with Gasteiger partial charge >= 0.3 is 5.97 Å². The fourth-order valence-electron chi connectivity index (χ4n) is 3.85. The Balaban J connectivity index is 1.39. The average molecular weight is 399 g/mol. The molecular formula is C22H22FNO3S. The minimum absolute atomic E-state index is 0.131. The highest BCUT2D eigenvalue weighted by atomic mass is 32.1. The molecule has 4 rings (SSSR count). The second-order valence-electron chi connectivity index (χ2n) is 7.05. The molecule has 2 unspecified atom stereocenters. The number of aryl methyl sites for hydroxylation is 1. The molecule has 1 N–H and O–H groups in total. The predicted octanol–water partition coefficient (Wildman–Crippen LogP) is 5.65. The summed E-state index contributed by atoms with van der Waals surface area (Å²) in [6, 6.07) is 15.2. The zero-order valence-electron chi connectivity index (χ0n) is 15.4. The molecule has 0 amide bonds. The molecule has 0 aliphatic carbocycles. The maximum absolute atomic E-state index is 14.5. The predicted molar refractivity (Wildman–Crippen MR) is 109 cm³/mol. The Hall–Kier alpha value is -2.60. The second kappa shape index (κ2) is 8.19. The monoisotopic (exact) mass is 399 g/mol. The van der Waals surface area contributed by atoms with E-state index >= 15 is 0 Å². The van der Waals surface area contributed by atoms with Gasteiger partial charge in [0.1, 0.15) is 16.8 Å². The molecule has 1 saturated heterocycles. The molecule has 3 heterocycles. The number of carboxylic acid groups (broad SMARTS) is 1. The maximum atomic E-state index is 14.5. The lowest BCUT2D eigenvalue weighted by atomic mass is 10.0. The van der Waals surface area contributed by atoms with Crippen LogP contribution in [0.3, 0.4) is 0 Å². The van der Waals surface area contributed by atoms with Crippen molar-refractivity contribution in [2.45, 2.75) is 37.9 Å². The van der Waals surface area contributed by atoms with Crippen LogP contribution in [0, 0.1) is 0 Å². The Kier molecular flexibility index (Phi) is 5.48. The van der Waals surface area contributed by atoms with Gasteiger partial charge in [0.15, 0.2) is 0 Å². The molecule has 0 spiro atoms. The molecule has 146 valence electrons. The first-order valence-corrected chi connectivity index (χ1v) is 10.3. The van der Waals surface area contributed by atoms with Gasteiger partial charge in [-0.15, -0.1) is 11.3 Å². The summed E-state index contributed by atoms with van der Waals surface area (Å²) in [5.74, 6) is -0.0652. The molecule has 1 aliphatic rings. The van der Waals surface area contributed by atoms with Gasteiger partial charge in [-0.1, -0.05) is 0 Å². The van der Waals surface area contributed by atoms with E-state index < -0.39 is 12.1 Å². The summed E-state index contributed by atoms with van der Waals surface area (Å²) in [5, 5.41) is 9.02. The van der Waals surface area contributed by atoms with Crippen molar-refractivity contribution in [3.8, 4) is 11.3 Å². The minimum atomic E-state index is -0.889. The van der Waals surface area contributed by atoms with Crippen molar-refractivity contribution < 1.29 is 18.7 Å². The van der Waals surface area contributed by atoms with Crippen LogP contribution in [0.1, 0.15) is 33.8 Å². The summed E-state index contributed by atoms with van der Waals surface area (Å²) in [7, 11) is 0. The van der Waals surface area contributed by atoms with Gasteiger partial charge in [-0.05, 0) is 74.2 Å². The number of carboxylic acids is 1. The van der Waals surface area contributed by atoms with Crippen LogP contribution in [0.15, 0.2) is 59.2 Å². The topological polar surface area (TPSA) is 53.7 Å². The summed E-state index contributed by atoms with van der Waals surface area (Å²) in [6.45, 7) is 0.716. The van der Waals surface area contributed by atoms with Crippen LogP contribution in [0.2, 0.25) is 0 Å². The molecule has 0 bridgehead atoms. The summed E-state index contributed by atoms with van der Waals surface area (Å²) in [6.07, 6.45) is 3.75. The molecule has 3 aromatic rings. The number of hydrogen-bond acceptors (Lipinski definition) is 4. The van der Waals surface area contributed by atoms with Gasteiger partial charge in [-0.25, -0.2) is 9.18 Å². The molecule has 6 heteroatoms. The number of anilines is 1. The third-order valence-corrected chi connectivity index (χ3v) is 6.40. The molecule has 0 saturated carbocycles. The Morgan fingerprint density at radius 3 is 2.71 bits per heavy atom. The van der Waals surface area contributed by atoms with E-state index in [0.29, 0.717) is 17.8 Å². The van der Waals surface area contributed by atoms with Crippen molar-refractivity contribution in [1.82, 2.24) is 0 Å². The van der Waals surface area contributed by atoms with Crippen molar-refractivity contribution >= 4 is 23.0 Å². The van der Waals surface area contributed by atoms with Crippen molar-refractivity contribution in [2.75, 3.05) is 11.4 Å². The highest BCUT2D eigenvalue weighted by Gasteiger charge is 2.33. The first kappa shape index (κ1) is 18.7. The Labute approximate surface area is 167 Å². The lowest BCUT2D eigenvalue weighted by molar-refractivity contribution is 0.0702. The summed E-state index contributed by atoms with van der Waals surface area (Å²) in [4.78, 5) is 14.5. The first-order chi connectivity index (χ1) is 13.6. The third-order valence-electron chi connectivity index (χ3n) is 5.26. The number of carbonyl (C=O) groups is 1. The van der Waals surface area contributed by atoms with Crippen molar-refractivity contribution in [3.05, 3.63) is 64.5 Å². The van der Waals surface area contributed by atoms with Crippen LogP contribution in [0.4, 0.5) is 10.1 Å². The van der Waals surface area contributed by atoms with Gasteiger partial charge in [0.25, 0.3) is 0 Å². The molecule has 1 aliphatic heterocycles. The Morgan fingerprint density at radius 2 is 2.04 bits per heavy atom. The molecule has 1 aromatic carbocycles. The van der Waals surface area contributed by atoms with E-state index in [2.05, 4.69) is 4.90 Å². The van der Waals surface area contributed by atoms with Gasteiger partial charge in [0.05, 0.1) is 12.3 Å². The molecule has 28 heavy (non-hydrogen) atoms. The summed E-state index contributed by atoms with van der Waals surface area (Å²) in [5.41, 5.74) is 2.04. The normalized spacial score (nSPS) is 19.2. The number of nitrogens with zero attached hydrogens (tertiary/aromatic N) is 1. The second-order valence-corrected chi connectivity index (χ2v) is 8.22. The lowest BCUT2D eigenvalue weighted by Crippen LogP contribution is -2.33. The smallest absolute Gasteiger partial charge is 0.345 e. The van der Waals surface area contributed by atoms with Crippen molar-refractivity contribution in [2.24, 2.45) is 0 Å². The zero-order valence-corrected chi connectivity index (χ0v) is 16.2. The summed E-state index contributed by atoms with van der Waals surface area (Å²) >= 11 is 1.31. The van der Waals surface area contributed by atoms with E-state index in [9.17, 15) is 9.18 Å². The van der Waals surface area contributed by atoms with Crippen molar-refractivity contribution in [3.63, 3.8) is 0 Å². The van der Waals surface area contributed by atoms with Crippen LogP contribution in [0.25, 0.3) is 11.3 Å². The fraction of sp³-hybridized carbons (Fsp3) is 0.318. The largest absolute Gasteiger partial charge is 0.477 e. The van der Waals surface area contributed by atoms with E-state index in [4.69, 9.17) is 9.52 Å². The van der Waals surface area contributed by atoms with Crippen LogP contribution in [-0.4, -0.2) is 29.8 Å². The number of thiophene rings is 1. The van der Waals surface area contributed by atoms with Crippen LogP contribution >= 0.6 is 11.3 Å². The van der Waals surface area contributed by atoms with Crippen molar-refractivity contribution in [1.29, 1.82) is 0 Å². The number of hydrogen-bond donors (Lipinski definition) is 1. The van der Waals surface area contributed by atoms with Crippen LogP contribution in [-0.2, 0) is 6.42 Å². The molecule has 0 radical (unpaired) electrons. The van der Waals surface area contributed by atoms with Gasteiger partial charge in [0.2, 0.25) is 0 Å². The maximum Gasteiger partial charge on any atom is 0.345 e. The molecule has 1 fully saturated rings. The molecular weight excluding hydrogens is 377 g/mol. The highest BCUT2D eigenvalue weighted by molar-refractivity contribution is 7.13. The van der Waals surface area contributed by atoms with Crippen LogP contribution < -0.4 is 4.90 Å². The van der Waals surface area contributed by atoms with Gasteiger partial charge < -0.3 is 14.4 Å². The average Bonchev–Trinajstić information content (AvgIpc) is 3.44. The number of halogens is 1. The van der Waals surface area contributed by atoms with E-state index in [0.717, 1.165) is 41.2 Å². The van der Waals surface area contributed by atoms with E-state index in [1.165, 1.54) is 11.3 Å². The molecule has 2 atom stereocenters. The number of alkyl halides is 1. The van der Waals surface area contributed by atoms with Gasteiger partial charge in [0, 0.05) is 22.7 Å². The minimum Gasteiger partial charge on any atom is -0.477 e. The molecule has 4 nitrogen and oxygen atoms in total. The fourth-order valence-corrected chi connectivity index (χ4v) is 4.73. The first-order valence-electron chi connectivity index (χ1n) is 9.48. The summed E-state index contributed by atoms with van der Waals surface area (Å²) < 4.78 is 20.0. The van der Waals surface area contributed by atoms with Gasteiger partial charge in [-0.2, -0.15) is 0 Å². The Bertz CT molecular complexity index is 920. The quantitative estimate of drug-likeness (QED) is 0.558. The highest BCUT2D eigenvalue weighted by Crippen LogP contribution is 2.32. The zero-order chi connectivity index (χ0) is 19.5. The van der Waals surface area contributed by atoms with E-state index in [1.54, 1.807) is 12.3 Å². The number of aromatic carboxylic acids is 1.